The fourth-order valence-electron chi connectivity index (χ4n) is 0. The molecule has 36 valence electrons. The number of rotatable bonds is 0. The molecular weight excluding hydrogens is 119 g/mol. The molecule has 5 heavy (non-hydrogen) atoms. The van der Waals surface area contributed by atoms with E-state index in [0.29, 0.717) is 0 Å². The predicted octanol–water partition coefficient (Wildman–Crippen LogP) is -1.13. The van der Waals surface area contributed by atoms with Gasteiger partial charge in [0.25, 0.3) is 6.47 Å². The van der Waals surface area contributed by atoms with Crippen LogP contribution < -0.4 is 0 Å². The number of hydrogen-bond donors (Lipinski definition) is 1. The molecular formula is CH4NiO3. The molecule has 4 heteroatoms. The molecule has 0 aliphatic rings. The van der Waals surface area contributed by atoms with E-state index >= 15 is 0 Å². The van der Waals surface area contributed by atoms with Gasteiger partial charge in [-0.15, -0.1) is 0 Å². The monoisotopic (exact) mass is 122 g/mol. The maximum atomic E-state index is 8.36. The Morgan fingerprint density at radius 2 is 1.60 bits per heavy atom. The standard InChI is InChI=1S/CH2O2.Ni.H2O/c2-1-3;;/h1H,(H,2,3);;1H2. The molecule has 0 rings (SSSR count). The summed E-state index contributed by atoms with van der Waals surface area (Å²) < 4.78 is 0. The SMILES string of the molecule is O.O=CO.[Ni]. The van der Waals surface area contributed by atoms with Crippen LogP contribution in [0.4, 0.5) is 0 Å². The molecule has 0 unspecified atom stereocenters. The van der Waals surface area contributed by atoms with Gasteiger partial charge in [-0.05, 0) is 0 Å². The predicted molar refractivity (Wildman–Crippen MR) is 12.3 cm³/mol. The summed E-state index contributed by atoms with van der Waals surface area (Å²) in [7, 11) is 0. The molecule has 0 amide bonds. The maximum Gasteiger partial charge on any atom is 0.290 e. The molecule has 0 heterocycles. The van der Waals surface area contributed by atoms with E-state index in [9.17, 15) is 0 Å². The van der Waals surface area contributed by atoms with E-state index in [-0.39, 0.29) is 28.4 Å². The number of carbonyl (C=O) groups is 1. The van der Waals surface area contributed by atoms with Gasteiger partial charge in [0.05, 0.1) is 0 Å². The van der Waals surface area contributed by atoms with Gasteiger partial charge in [0.15, 0.2) is 0 Å². The van der Waals surface area contributed by atoms with Crippen LogP contribution in [0.15, 0.2) is 0 Å². The molecule has 0 aromatic rings. The molecule has 0 aromatic carbocycles. The van der Waals surface area contributed by atoms with E-state index in [1.807, 2.05) is 0 Å². The summed E-state index contributed by atoms with van der Waals surface area (Å²) in [6.07, 6.45) is 0. The summed E-state index contributed by atoms with van der Waals surface area (Å²) >= 11 is 0. The third-order valence-electron chi connectivity index (χ3n) is 0. The van der Waals surface area contributed by atoms with E-state index in [1.165, 1.54) is 0 Å². The second-order valence-corrected chi connectivity index (χ2v) is 0.105. The summed E-state index contributed by atoms with van der Waals surface area (Å²) in [5.41, 5.74) is 0. The summed E-state index contributed by atoms with van der Waals surface area (Å²) in [5.74, 6) is 0. The van der Waals surface area contributed by atoms with E-state index in [1.54, 1.807) is 0 Å². The average Bonchev–Trinajstić information content (AvgIpc) is 0.918. The van der Waals surface area contributed by atoms with Crippen molar-refractivity contribution in [1.82, 2.24) is 0 Å². The molecule has 0 fully saturated rings. The van der Waals surface area contributed by atoms with Crippen LogP contribution in [0.1, 0.15) is 0 Å². The van der Waals surface area contributed by atoms with Crippen molar-refractivity contribution in [2.75, 3.05) is 0 Å². The van der Waals surface area contributed by atoms with E-state index in [0.717, 1.165) is 0 Å². The van der Waals surface area contributed by atoms with Gasteiger partial charge in [-0.25, -0.2) is 0 Å². The van der Waals surface area contributed by atoms with Gasteiger partial charge in [0.2, 0.25) is 0 Å². The Morgan fingerprint density at radius 1 is 1.60 bits per heavy atom. The van der Waals surface area contributed by atoms with E-state index in [2.05, 4.69) is 0 Å². The summed E-state index contributed by atoms with van der Waals surface area (Å²) in [5, 5.41) is 6.89. The van der Waals surface area contributed by atoms with Crippen LogP contribution in [0, 0.1) is 0 Å². The van der Waals surface area contributed by atoms with Gasteiger partial charge in [-0.3, -0.25) is 4.79 Å². The first-order valence-corrected chi connectivity index (χ1v) is 0.494. The smallest absolute Gasteiger partial charge is 0.290 e. The topological polar surface area (TPSA) is 68.8 Å². The molecule has 0 saturated heterocycles. The van der Waals surface area contributed by atoms with Crippen molar-refractivity contribution >= 4 is 6.47 Å². The zero-order valence-corrected chi connectivity index (χ0v) is 3.24. The summed E-state index contributed by atoms with van der Waals surface area (Å²) in [6.45, 7) is -0.250. The van der Waals surface area contributed by atoms with Crippen LogP contribution in [0.3, 0.4) is 0 Å². The Kier molecular flexibility index (Phi) is 161. The summed E-state index contributed by atoms with van der Waals surface area (Å²) in [4.78, 5) is 8.36. The Labute approximate surface area is 39.2 Å². The first kappa shape index (κ1) is 20.5. The molecule has 0 aromatic heterocycles. The molecule has 0 bridgehead atoms. The van der Waals surface area contributed by atoms with Crippen molar-refractivity contribution in [2.45, 2.75) is 0 Å². The first-order chi connectivity index (χ1) is 1.41. The van der Waals surface area contributed by atoms with Crippen LogP contribution in [-0.4, -0.2) is 17.1 Å². The second kappa shape index (κ2) is 39.3. The largest absolute Gasteiger partial charge is 0.483 e. The maximum absolute atomic E-state index is 8.36. The van der Waals surface area contributed by atoms with Crippen LogP contribution >= 0.6 is 0 Å². The Hall–Kier alpha value is -0.0765. The minimum atomic E-state index is -0.250. The van der Waals surface area contributed by atoms with Gasteiger partial charge < -0.3 is 10.6 Å². The third-order valence-corrected chi connectivity index (χ3v) is 0. The van der Waals surface area contributed by atoms with Crippen molar-refractivity contribution in [3.63, 3.8) is 0 Å². The molecule has 3 N–H and O–H groups in total. The molecule has 3 nitrogen and oxygen atoms in total. The molecule has 0 saturated carbocycles. The van der Waals surface area contributed by atoms with Gasteiger partial charge in [-0.2, -0.15) is 0 Å². The van der Waals surface area contributed by atoms with Crippen LogP contribution in [0.2, 0.25) is 0 Å². The molecule has 0 spiro atoms. The van der Waals surface area contributed by atoms with Crippen LogP contribution in [0.25, 0.3) is 0 Å². The number of carboxylic acid groups (broad SMARTS) is 1. The fraction of sp³-hybridized carbons (Fsp3) is 0. The van der Waals surface area contributed by atoms with Gasteiger partial charge in [0.1, 0.15) is 0 Å². The quantitative estimate of drug-likeness (QED) is 0.327. The zero-order chi connectivity index (χ0) is 2.71. The zero-order valence-electron chi connectivity index (χ0n) is 2.25. The van der Waals surface area contributed by atoms with Crippen LogP contribution in [-0.2, 0) is 21.3 Å². The number of hydrogen-bond acceptors (Lipinski definition) is 1. The van der Waals surface area contributed by atoms with Gasteiger partial charge in [0, 0.05) is 16.5 Å². The molecule has 0 aliphatic carbocycles. The second-order valence-electron chi connectivity index (χ2n) is 0.105. The average molecular weight is 123 g/mol. The Balaban J connectivity index is -0.0000000200. The van der Waals surface area contributed by atoms with Crippen molar-refractivity contribution in [2.24, 2.45) is 0 Å². The van der Waals surface area contributed by atoms with Crippen molar-refractivity contribution in [1.29, 1.82) is 0 Å². The summed E-state index contributed by atoms with van der Waals surface area (Å²) in [6, 6.07) is 0. The first-order valence-electron chi connectivity index (χ1n) is 0.494. The normalized spacial score (nSPS) is 2.40. The van der Waals surface area contributed by atoms with Crippen molar-refractivity contribution in [3.05, 3.63) is 0 Å². The molecule has 0 radical (unpaired) electrons. The van der Waals surface area contributed by atoms with Crippen LogP contribution in [0.5, 0.6) is 0 Å². The van der Waals surface area contributed by atoms with E-state index in [4.69, 9.17) is 9.90 Å². The Bertz CT molecular complexity index is 14.4. The minimum Gasteiger partial charge on any atom is -0.483 e. The Morgan fingerprint density at radius 3 is 1.60 bits per heavy atom. The minimum absolute atomic E-state index is 0. The van der Waals surface area contributed by atoms with E-state index < -0.39 is 0 Å². The molecule has 0 atom stereocenters. The van der Waals surface area contributed by atoms with Crippen molar-refractivity contribution < 1.29 is 31.9 Å². The van der Waals surface area contributed by atoms with Gasteiger partial charge >= 0.3 is 0 Å². The van der Waals surface area contributed by atoms with Gasteiger partial charge in [-0.1, -0.05) is 0 Å². The fourth-order valence-corrected chi connectivity index (χ4v) is 0. The van der Waals surface area contributed by atoms with Crippen molar-refractivity contribution in [3.8, 4) is 0 Å². The third kappa shape index (κ3) is 2480. The molecule has 0 aliphatic heterocycles.